The van der Waals surface area contributed by atoms with Crippen LogP contribution in [0.4, 0.5) is 0 Å². The van der Waals surface area contributed by atoms with Crippen LogP contribution < -0.4 is 5.73 Å². The lowest BCUT2D eigenvalue weighted by molar-refractivity contribution is 0.595. The van der Waals surface area contributed by atoms with Gasteiger partial charge in [0.25, 0.3) is 0 Å². The molecule has 0 aromatic carbocycles. The van der Waals surface area contributed by atoms with Crippen LogP contribution in [0.3, 0.4) is 0 Å². The molecule has 2 nitrogen and oxygen atoms in total. The van der Waals surface area contributed by atoms with Gasteiger partial charge in [-0.3, -0.25) is 0 Å². The van der Waals surface area contributed by atoms with E-state index in [9.17, 15) is 0 Å². The Hall–Kier alpha value is -0.600. The van der Waals surface area contributed by atoms with Crippen LogP contribution in [-0.2, 0) is 0 Å². The van der Waals surface area contributed by atoms with Crippen LogP contribution in [0.25, 0.3) is 0 Å². The SMILES string of the molecule is N[C@@H](CC1CC1)c1ccc(Cl)nc1. The van der Waals surface area contributed by atoms with Gasteiger partial charge in [-0.1, -0.05) is 30.5 Å². The zero-order valence-corrected chi connectivity index (χ0v) is 8.17. The molecular formula is C10H13ClN2. The molecule has 1 aliphatic carbocycles. The molecule has 70 valence electrons. The number of aromatic nitrogens is 1. The van der Waals surface area contributed by atoms with Crippen LogP contribution in [0.5, 0.6) is 0 Å². The third-order valence-electron chi connectivity index (χ3n) is 2.46. The zero-order valence-electron chi connectivity index (χ0n) is 7.41. The van der Waals surface area contributed by atoms with Crippen LogP contribution in [0.1, 0.15) is 30.9 Å². The van der Waals surface area contributed by atoms with E-state index in [1.54, 1.807) is 12.3 Å². The van der Waals surface area contributed by atoms with Gasteiger partial charge in [0.05, 0.1) is 0 Å². The molecule has 3 heteroatoms. The predicted molar refractivity (Wildman–Crippen MR) is 53.5 cm³/mol. The minimum atomic E-state index is 0.136. The first-order chi connectivity index (χ1) is 6.25. The van der Waals surface area contributed by atoms with E-state index in [1.165, 1.54) is 12.8 Å². The van der Waals surface area contributed by atoms with Crippen molar-refractivity contribution in [3.05, 3.63) is 29.0 Å². The number of nitrogens with zero attached hydrogens (tertiary/aromatic N) is 1. The Kier molecular flexibility index (Phi) is 2.51. The van der Waals surface area contributed by atoms with Crippen molar-refractivity contribution in [3.8, 4) is 0 Å². The molecule has 13 heavy (non-hydrogen) atoms. The van der Waals surface area contributed by atoms with Gasteiger partial charge in [0, 0.05) is 12.2 Å². The third kappa shape index (κ3) is 2.42. The minimum Gasteiger partial charge on any atom is -0.324 e. The van der Waals surface area contributed by atoms with E-state index in [4.69, 9.17) is 17.3 Å². The first kappa shape index (κ1) is 8.97. The van der Waals surface area contributed by atoms with Gasteiger partial charge in [0.2, 0.25) is 0 Å². The maximum absolute atomic E-state index is 6.00. The quantitative estimate of drug-likeness (QED) is 0.755. The molecule has 0 aliphatic heterocycles. The highest BCUT2D eigenvalue weighted by Crippen LogP contribution is 2.36. The average molecular weight is 197 g/mol. The van der Waals surface area contributed by atoms with Gasteiger partial charge in [0.1, 0.15) is 5.15 Å². The van der Waals surface area contributed by atoms with Gasteiger partial charge in [-0.25, -0.2) is 4.98 Å². The second kappa shape index (κ2) is 3.64. The normalized spacial score (nSPS) is 18.6. The molecule has 2 N–H and O–H groups in total. The Morgan fingerprint density at radius 1 is 1.54 bits per heavy atom. The van der Waals surface area contributed by atoms with Crippen molar-refractivity contribution in [2.24, 2.45) is 11.7 Å². The second-order valence-corrected chi connectivity index (χ2v) is 4.09. The maximum atomic E-state index is 6.00. The van der Waals surface area contributed by atoms with Gasteiger partial charge in [-0.05, 0) is 24.0 Å². The van der Waals surface area contributed by atoms with Crippen molar-refractivity contribution in [1.82, 2.24) is 4.98 Å². The van der Waals surface area contributed by atoms with Crippen molar-refractivity contribution in [2.75, 3.05) is 0 Å². The van der Waals surface area contributed by atoms with Crippen molar-refractivity contribution in [2.45, 2.75) is 25.3 Å². The first-order valence-electron chi connectivity index (χ1n) is 4.63. The largest absolute Gasteiger partial charge is 0.324 e. The number of rotatable bonds is 3. The Balaban J connectivity index is 2.01. The summed E-state index contributed by atoms with van der Waals surface area (Å²) in [6.07, 6.45) is 5.54. The Bertz CT molecular complexity index is 279. The van der Waals surface area contributed by atoms with E-state index in [1.807, 2.05) is 6.07 Å². The van der Waals surface area contributed by atoms with E-state index in [0.717, 1.165) is 17.9 Å². The Morgan fingerprint density at radius 2 is 2.31 bits per heavy atom. The minimum absolute atomic E-state index is 0.136. The summed E-state index contributed by atoms with van der Waals surface area (Å²) in [7, 11) is 0. The molecule has 0 spiro atoms. The Morgan fingerprint density at radius 3 is 2.85 bits per heavy atom. The molecule has 2 rings (SSSR count). The molecule has 1 aliphatic rings. The van der Waals surface area contributed by atoms with E-state index in [0.29, 0.717) is 5.15 Å². The van der Waals surface area contributed by atoms with E-state index in [2.05, 4.69) is 4.98 Å². The fraction of sp³-hybridized carbons (Fsp3) is 0.500. The predicted octanol–water partition coefficient (Wildman–Crippen LogP) is 2.53. The standard InChI is InChI=1S/C10H13ClN2/c11-10-4-3-8(6-13-10)9(12)5-7-1-2-7/h3-4,6-7,9H,1-2,5,12H2/t9-/m0/s1. The molecule has 0 amide bonds. The highest BCUT2D eigenvalue weighted by atomic mass is 35.5. The lowest BCUT2D eigenvalue weighted by Crippen LogP contribution is -2.11. The molecule has 1 heterocycles. The van der Waals surface area contributed by atoms with Crippen molar-refractivity contribution in [3.63, 3.8) is 0 Å². The number of pyridine rings is 1. The van der Waals surface area contributed by atoms with Crippen LogP contribution in [0.15, 0.2) is 18.3 Å². The second-order valence-electron chi connectivity index (χ2n) is 3.70. The molecule has 0 saturated heterocycles. The van der Waals surface area contributed by atoms with Gasteiger partial charge in [-0.15, -0.1) is 0 Å². The third-order valence-corrected chi connectivity index (χ3v) is 2.69. The molecule has 0 unspecified atom stereocenters. The Labute approximate surface area is 83.1 Å². The van der Waals surface area contributed by atoms with Crippen molar-refractivity contribution in [1.29, 1.82) is 0 Å². The number of hydrogen-bond donors (Lipinski definition) is 1. The monoisotopic (exact) mass is 196 g/mol. The number of hydrogen-bond acceptors (Lipinski definition) is 2. The van der Waals surface area contributed by atoms with Crippen LogP contribution in [0.2, 0.25) is 5.15 Å². The van der Waals surface area contributed by atoms with Gasteiger partial charge in [-0.2, -0.15) is 0 Å². The highest BCUT2D eigenvalue weighted by molar-refractivity contribution is 6.29. The lowest BCUT2D eigenvalue weighted by atomic mass is 10.0. The zero-order chi connectivity index (χ0) is 9.26. The lowest BCUT2D eigenvalue weighted by Gasteiger charge is -2.10. The van der Waals surface area contributed by atoms with E-state index in [-0.39, 0.29) is 6.04 Å². The van der Waals surface area contributed by atoms with E-state index >= 15 is 0 Å². The topological polar surface area (TPSA) is 38.9 Å². The molecule has 1 aromatic rings. The first-order valence-corrected chi connectivity index (χ1v) is 5.00. The molecule has 1 atom stereocenters. The molecule has 0 bridgehead atoms. The van der Waals surface area contributed by atoms with Gasteiger partial charge in [0.15, 0.2) is 0 Å². The summed E-state index contributed by atoms with van der Waals surface area (Å²) in [6, 6.07) is 3.89. The summed E-state index contributed by atoms with van der Waals surface area (Å²) in [5.74, 6) is 0.852. The number of nitrogens with two attached hydrogens (primary N) is 1. The molecule has 1 saturated carbocycles. The maximum Gasteiger partial charge on any atom is 0.129 e. The van der Waals surface area contributed by atoms with Crippen LogP contribution in [-0.4, -0.2) is 4.98 Å². The summed E-state index contributed by atoms with van der Waals surface area (Å²) in [6.45, 7) is 0. The van der Waals surface area contributed by atoms with Gasteiger partial charge < -0.3 is 5.73 Å². The smallest absolute Gasteiger partial charge is 0.129 e. The summed E-state index contributed by atoms with van der Waals surface area (Å²) < 4.78 is 0. The fourth-order valence-corrected chi connectivity index (χ4v) is 1.57. The molecular weight excluding hydrogens is 184 g/mol. The highest BCUT2D eigenvalue weighted by Gasteiger charge is 2.24. The van der Waals surface area contributed by atoms with Crippen molar-refractivity contribution >= 4 is 11.6 Å². The summed E-state index contributed by atoms with van der Waals surface area (Å²) >= 11 is 5.68. The summed E-state index contributed by atoms with van der Waals surface area (Å²) in [5, 5.41) is 0.530. The van der Waals surface area contributed by atoms with Crippen LogP contribution in [0, 0.1) is 5.92 Å². The van der Waals surface area contributed by atoms with E-state index < -0.39 is 0 Å². The summed E-state index contributed by atoms with van der Waals surface area (Å²) in [4.78, 5) is 4.01. The average Bonchev–Trinajstić information content (AvgIpc) is 2.89. The molecule has 1 fully saturated rings. The van der Waals surface area contributed by atoms with Crippen molar-refractivity contribution < 1.29 is 0 Å². The van der Waals surface area contributed by atoms with Gasteiger partial charge >= 0.3 is 0 Å². The molecule has 0 radical (unpaired) electrons. The summed E-state index contributed by atoms with van der Waals surface area (Å²) in [5.41, 5.74) is 7.10. The number of halogens is 1. The fourth-order valence-electron chi connectivity index (χ4n) is 1.46. The molecule has 1 aromatic heterocycles. The van der Waals surface area contributed by atoms with Crippen LogP contribution >= 0.6 is 11.6 Å².